The highest BCUT2D eigenvalue weighted by Gasteiger charge is 2.72. The molecular formula is C23H30FNO7S. The Balaban J connectivity index is 1.49. The van der Waals surface area contributed by atoms with Crippen molar-refractivity contribution in [2.24, 2.45) is 10.8 Å². The molecule has 1 N–H and O–H groups in total. The zero-order valence-corrected chi connectivity index (χ0v) is 20.1. The molecule has 0 heterocycles. The summed E-state index contributed by atoms with van der Waals surface area (Å²) in [7, 11) is -2.18. The minimum Gasteiger partial charge on any atom is -0.489 e. The van der Waals surface area contributed by atoms with E-state index in [-0.39, 0.29) is 40.8 Å². The van der Waals surface area contributed by atoms with Gasteiger partial charge in [-0.1, -0.05) is 0 Å². The van der Waals surface area contributed by atoms with E-state index in [0.717, 1.165) is 0 Å². The summed E-state index contributed by atoms with van der Waals surface area (Å²) in [5.74, 6) is 0.0938. The first-order chi connectivity index (χ1) is 15.3. The Labute approximate surface area is 193 Å². The molecule has 0 spiro atoms. The summed E-state index contributed by atoms with van der Waals surface area (Å²) < 4.78 is 54.2. The van der Waals surface area contributed by atoms with Crippen LogP contribution in [-0.4, -0.2) is 52.1 Å². The molecule has 0 aromatic heterocycles. The maximum atomic E-state index is 13.1. The number of methoxy groups -OCH3 is 1. The van der Waals surface area contributed by atoms with Gasteiger partial charge in [0.2, 0.25) is 0 Å². The third-order valence-electron chi connectivity index (χ3n) is 5.87. The molecule has 3 fully saturated rings. The number of nitrogens with one attached hydrogen (secondary N) is 1. The highest BCUT2D eigenvalue weighted by atomic mass is 32.2. The fraction of sp³-hybridized carbons (Fsp3) is 0.565. The average Bonchev–Trinajstić information content (AvgIpc) is 2.68. The van der Waals surface area contributed by atoms with Crippen molar-refractivity contribution in [1.29, 1.82) is 0 Å². The molecule has 10 heteroatoms. The number of hydrogen-bond donors (Lipinski definition) is 1. The predicted octanol–water partition coefficient (Wildman–Crippen LogP) is 3.56. The predicted molar refractivity (Wildman–Crippen MR) is 118 cm³/mol. The van der Waals surface area contributed by atoms with Gasteiger partial charge in [-0.05, 0) is 69.7 Å². The SMILES string of the molecule is COC(=O)C12CC(CS(=O)(=O)c3ccc(OC/C(=C/F)CNC(=O)OC(C)(C)C)cc3)(C1)C2. The van der Waals surface area contributed by atoms with Gasteiger partial charge < -0.3 is 19.5 Å². The standard InChI is InChI=1S/C23H30FNO7S/c1-21(2,3)32-20(27)25-10-16(9-24)11-31-17-5-7-18(8-6-17)33(28,29)15-22-12-23(13-22,14-22)19(26)30-4/h5-9H,10-15H2,1-4H3,(H,25,27)/b16-9+. The molecule has 1 amide bonds. The average molecular weight is 484 g/mol. The highest BCUT2D eigenvalue weighted by Crippen LogP contribution is 2.74. The molecule has 0 saturated heterocycles. The molecular weight excluding hydrogens is 453 g/mol. The Kier molecular flexibility index (Phi) is 6.79. The van der Waals surface area contributed by atoms with E-state index in [9.17, 15) is 22.4 Å². The Bertz CT molecular complexity index is 1020. The number of sulfone groups is 1. The van der Waals surface area contributed by atoms with Gasteiger partial charge in [-0.3, -0.25) is 4.79 Å². The lowest BCUT2D eigenvalue weighted by Gasteiger charge is -2.68. The van der Waals surface area contributed by atoms with Crippen molar-refractivity contribution in [2.75, 3.05) is 26.0 Å². The Hall–Kier alpha value is -2.62. The maximum Gasteiger partial charge on any atom is 0.407 e. The molecule has 1 aromatic carbocycles. The topological polar surface area (TPSA) is 108 Å². The van der Waals surface area contributed by atoms with Crippen LogP contribution < -0.4 is 10.1 Å². The monoisotopic (exact) mass is 483 g/mol. The zero-order valence-electron chi connectivity index (χ0n) is 19.3. The second-order valence-electron chi connectivity index (χ2n) is 9.94. The molecule has 8 nitrogen and oxygen atoms in total. The number of hydrogen-bond acceptors (Lipinski definition) is 7. The number of carbonyl (C=O) groups is 2. The van der Waals surface area contributed by atoms with Gasteiger partial charge in [-0.2, -0.15) is 0 Å². The first-order valence-corrected chi connectivity index (χ1v) is 12.3. The Morgan fingerprint density at radius 1 is 1.15 bits per heavy atom. The van der Waals surface area contributed by atoms with E-state index in [1.165, 1.54) is 31.4 Å². The smallest absolute Gasteiger partial charge is 0.407 e. The lowest BCUT2D eigenvalue weighted by Crippen LogP contribution is -2.67. The fourth-order valence-corrected chi connectivity index (χ4v) is 6.44. The van der Waals surface area contributed by atoms with Crippen molar-refractivity contribution in [3.63, 3.8) is 0 Å². The van der Waals surface area contributed by atoms with Crippen LogP contribution in [0.15, 0.2) is 41.1 Å². The number of amides is 1. The van der Waals surface area contributed by atoms with E-state index < -0.39 is 26.9 Å². The second kappa shape index (κ2) is 8.96. The molecule has 0 aliphatic heterocycles. The Morgan fingerprint density at radius 2 is 1.76 bits per heavy atom. The summed E-state index contributed by atoms with van der Waals surface area (Å²) >= 11 is 0. The van der Waals surface area contributed by atoms with Gasteiger partial charge in [-0.25, -0.2) is 17.6 Å². The van der Waals surface area contributed by atoms with E-state index in [0.29, 0.717) is 31.3 Å². The zero-order chi connectivity index (χ0) is 24.5. The summed E-state index contributed by atoms with van der Waals surface area (Å²) in [4.78, 5) is 23.6. The molecule has 4 rings (SSSR count). The van der Waals surface area contributed by atoms with Crippen molar-refractivity contribution in [3.05, 3.63) is 36.2 Å². The molecule has 33 heavy (non-hydrogen) atoms. The summed E-state index contributed by atoms with van der Waals surface area (Å²) in [5.41, 5.74) is -1.31. The molecule has 0 atom stereocenters. The lowest BCUT2D eigenvalue weighted by atomic mass is 9.36. The first-order valence-electron chi connectivity index (χ1n) is 10.6. The van der Waals surface area contributed by atoms with Gasteiger partial charge in [0.1, 0.15) is 18.0 Å². The molecule has 2 bridgehead atoms. The van der Waals surface area contributed by atoms with Crippen molar-refractivity contribution in [1.82, 2.24) is 5.32 Å². The van der Waals surface area contributed by atoms with Gasteiger partial charge in [0.05, 0.1) is 29.5 Å². The van der Waals surface area contributed by atoms with E-state index >= 15 is 0 Å². The van der Waals surface area contributed by atoms with Crippen molar-refractivity contribution < 1.29 is 36.6 Å². The molecule has 1 aromatic rings. The van der Waals surface area contributed by atoms with Crippen LogP contribution in [0.25, 0.3) is 0 Å². The van der Waals surface area contributed by atoms with Gasteiger partial charge in [0.25, 0.3) is 0 Å². The largest absolute Gasteiger partial charge is 0.489 e. The van der Waals surface area contributed by atoms with Crippen molar-refractivity contribution in [3.8, 4) is 5.75 Å². The minimum absolute atomic E-state index is 0.00990. The quantitative estimate of drug-likeness (QED) is 0.535. The van der Waals surface area contributed by atoms with Gasteiger partial charge in [0.15, 0.2) is 9.84 Å². The third kappa shape index (κ3) is 5.66. The number of ether oxygens (including phenoxy) is 3. The molecule has 0 unspecified atom stereocenters. The van der Waals surface area contributed by atoms with Crippen LogP contribution in [0.3, 0.4) is 0 Å². The number of halogens is 1. The van der Waals surface area contributed by atoms with Crippen LogP contribution in [-0.2, 0) is 24.1 Å². The van der Waals surface area contributed by atoms with Crippen molar-refractivity contribution in [2.45, 2.75) is 50.5 Å². The van der Waals surface area contributed by atoms with Gasteiger partial charge >= 0.3 is 12.1 Å². The van der Waals surface area contributed by atoms with Crippen LogP contribution in [0, 0.1) is 10.8 Å². The molecule has 3 aliphatic rings. The first kappa shape index (κ1) is 25.0. The van der Waals surface area contributed by atoms with Crippen LogP contribution in [0.2, 0.25) is 0 Å². The number of esters is 1. The highest BCUT2D eigenvalue weighted by molar-refractivity contribution is 7.91. The second-order valence-corrected chi connectivity index (χ2v) is 11.9. The number of rotatable bonds is 9. The summed E-state index contributed by atoms with van der Waals surface area (Å²) in [6, 6.07) is 5.90. The van der Waals surface area contributed by atoms with E-state index in [2.05, 4.69) is 5.32 Å². The van der Waals surface area contributed by atoms with Gasteiger partial charge in [-0.15, -0.1) is 0 Å². The lowest BCUT2D eigenvalue weighted by molar-refractivity contribution is -0.217. The molecule has 0 radical (unpaired) electrons. The normalized spacial score (nSPS) is 24.2. The minimum atomic E-state index is -3.53. The number of benzene rings is 1. The van der Waals surface area contributed by atoms with Crippen LogP contribution >= 0.6 is 0 Å². The molecule has 3 saturated carbocycles. The van der Waals surface area contributed by atoms with E-state index in [1.807, 2.05) is 0 Å². The molecule has 3 aliphatic carbocycles. The Morgan fingerprint density at radius 3 is 2.27 bits per heavy atom. The summed E-state index contributed by atoms with van der Waals surface area (Å²) in [6.07, 6.45) is 1.31. The van der Waals surface area contributed by atoms with Crippen molar-refractivity contribution >= 4 is 21.9 Å². The third-order valence-corrected chi connectivity index (χ3v) is 7.86. The van der Waals surface area contributed by atoms with E-state index in [1.54, 1.807) is 20.8 Å². The number of alkyl carbamates (subject to hydrolysis) is 1. The fourth-order valence-electron chi connectivity index (χ4n) is 4.61. The van der Waals surface area contributed by atoms with Crippen LogP contribution in [0.4, 0.5) is 9.18 Å². The number of carbonyl (C=O) groups excluding carboxylic acids is 2. The van der Waals surface area contributed by atoms with Crippen LogP contribution in [0.5, 0.6) is 5.75 Å². The maximum absolute atomic E-state index is 13.1. The van der Waals surface area contributed by atoms with E-state index in [4.69, 9.17) is 14.2 Å². The summed E-state index contributed by atoms with van der Waals surface area (Å²) in [6.45, 7) is 4.95. The van der Waals surface area contributed by atoms with Crippen LogP contribution in [0.1, 0.15) is 40.0 Å². The summed E-state index contributed by atoms with van der Waals surface area (Å²) in [5, 5.41) is 2.45. The van der Waals surface area contributed by atoms with Gasteiger partial charge in [0, 0.05) is 12.1 Å². The molecule has 182 valence electrons.